The number of benzene rings is 1. The minimum atomic E-state index is 0.0869. The second kappa shape index (κ2) is 4.73. The molecular weight excluding hydrogens is 224 g/mol. The van der Waals surface area contributed by atoms with Gasteiger partial charge in [0, 0.05) is 24.7 Å². The van der Waals surface area contributed by atoms with Crippen LogP contribution in [0.4, 0.5) is 0 Å². The van der Waals surface area contributed by atoms with Crippen molar-refractivity contribution in [1.29, 1.82) is 0 Å². The number of rotatable bonds is 2. The summed E-state index contributed by atoms with van der Waals surface area (Å²) in [5.41, 5.74) is 3.39. The Hall–Kier alpha value is -1.35. The smallest absolute Gasteiger partial charge is 0.251 e. The summed E-state index contributed by atoms with van der Waals surface area (Å²) in [5, 5.41) is 6.46. The van der Waals surface area contributed by atoms with Gasteiger partial charge < -0.3 is 10.6 Å². The van der Waals surface area contributed by atoms with Gasteiger partial charge in [-0.1, -0.05) is 13.0 Å². The van der Waals surface area contributed by atoms with Crippen LogP contribution in [0.2, 0.25) is 0 Å². The van der Waals surface area contributed by atoms with E-state index in [1.54, 1.807) is 0 Å². The SMILES string of the molecule is CC1CCC(NC(=O)c2ccc3c(c2)CNC3)C1. The number of carbonyl (C=O) groups is 1. The van der Waals surface area contributed by atoms with Crippen LogP contribution in [0.3, 0.4) is 0 Å². The molecule has 1 heterocycles. The van der Waals surface area contributed by atoms with Crippen molar-refractivity contribution < 1.29 is 4.79 Å². The molecule has 1 aliphatic carbocycles. The van der Waals surface area contributed by atoms with E-state index in [1.165, 1.54) is 17.5 Å². The van der Waals surface area contributed by atoms with Gasteiger partial charge in [-0.15, -0.1) is 0 Å². The van der Waals surface area contributed by atoms with Gasteiger partial charge in [-0.2, -0.15) is 0 Å². The molecule has 1 aromatic rings. The lowest BCUT2D eigenvalue weighted by Crippen LogP contribution is -2.32. The Morgan fingerprint density at radius 3 is 2.89 bits per heavy atom. The zero-order valence-electron chi connectivity index (χ0n) is 10.8. The van der Waals surface area contributed by atoms with E-state index in [2.05, 4.69) is 23.6 Å². The summed E-state index contributed by atoms with van der Waals surface area (Å²) in [5.74, 6) is 0.836. The van der Waals surface area contributed by atoms with Crippen LogP contribution >= 0.6 is 0 Å². The van der Waals surface area contributed by atoms with E-state index >= 15 is 0 Å². The predicted octanol–water partition coefficient (Wildman–Crippen LogP) is 2.21. The zero-order valence-corrected chi connectivity index (χ0v) is 10.8. The van der Waals surface area contributed by atoms with Crippen molar-refractivity contribution in [2.45, 2.75) is 45.3 Å². The lowest BCUT2D eigenvalue weighted by molar-refractivity contribution is 0.0937. The van der Waals surface area contributed by atoms with Crippen molar-refractivity contribution in [3.8, 4) is 0 Å². The molecule has 0 spiro atoms. The summed E-state index contributed by atoms with van der Waals surface area (Å²) in [6.45, 7) is 4.07. The van der Waals surface area contributed by atoms with Crippen LogP contribution in [-0.4, -0.2) is 11.9 Å². The number of hydrogen-bond donors (Lipinski definition) is 2. The molecule has 2 N–H and O–H groups in total. The molecule has 0 aromatic heterocycles. The molecule has 2 atom stereocenters. The summed E-state index contributed by atoms with van der Waals surface area (Å²) in [4.78, 5) is 12.2. The average molecular weight is 244 g/mol. The highest BCUT2D eigenvalue weighted by Crippen LogP contribution is 2.25. The maximum Gasteiger partial charge on any atom is 0.251 e. The highest BCUT2D eigenvalue weighted by Gasteiger charge is 2.23. The van der Waals surface area contributed by atoms with Gasteiger partial charge in [0.25, 0.3) is 5.91 Å². The highest BCUT2D eigenvalue weighted by atomic mass is 16.1. The van der Waals surface area contributed by atoms with Gasteiger partial charge in [-0.05, 0) is 48.4 Å². The molecule has 1 amide bonds. The molecule has 1 saturated carbocycles. The maximum atomic E-state index is 12.2. The fourth-order valence-electron chi connectivity index (χ4n) is 3.04. The van der Waals surface area contributed by atoms with Crippen molar-refractivity contribution in [2.24, 2.45) is 5.92 Å². The molecule has 18 heavy (non-hydrogen) atoms. The molecule has 0 bridgehead atoms. The third-order valence-electron chi connectivity index (χ3n) is 4.13. The Kier molecular flexibility index (Phi) is 3.08. The molecule has 0 radical (unpaired) electrons. The van der Waals surface area contributed by atoms with Gasteiger partial charge in [0.05, 0.1) is 0 Å². The van der Waals surface area contributed by atoms with Crippen LogP contribution in [0.1, 0.15) is 47.7 Å². The Bertz CT molecular complexity index is 470. The summed E-state index contributed by atoms with van der Waals surface area (Å²) >= 11 is 0. The third kappa shape index (κ3) is 2.27. The number of amides is 1. The first-order valence-electron chi connectivity index (χ1n) is 6.86. The molecule has 0 saturated heterocycles. The standard InChI is InChI=1S/C15H20N2O/c1-10-2-5-14(6-10)17-15(18)11-3-4-12-8-16-9-13(12)7-11/h3-4,7,10,14,16H,2,5-6,8-9H2,1H3,(H,17,18). The summed E-state index contributed by atoms with van der Waals surface area (Å²) < 4.78 is 0. The fourth-order valence-corrected chi connectivity index (χ4v) is 3.04. The van der Waals surface area contributed by atoms with E-state index in [9.17, 15) is 4.79 Å². The van der Waals surface area contributed by atoms with Crippen LogP contribution in [0.25, 0.3) is 0 Å². The second-order valence-electron chi connectivity index (χ2n) is 5.68. The molecule has 3 heteroatoms. The minimum absolute atomic E-state index is 0.0869. The van der Waals surface area contributed by atoms with Crippen LogP contribution < -0.4 is 10.6 Å². The number of fused-ring (bicyclic) bond motifs is 1. The maximum absolute atomic E-state index is 12.2. The third-order valence-corrected chi connectivity index (χ3v) is 4.13. The van der Waals surface area contributed by atoms with Crippen molar-refractivity contribution in [3.63, 3.8) is 0 Å². The molecule has 1 aromatic carbocycles. The Labute approximate surface area is 108 Å². The second-order valence-corrected chi connectivity index (χ2v) is 5.68. The van der Waals surface area contributed by atoms with Gasteiger partial charge in [-0.3, -0.25) is 4.79 Å². The van der Waals surface area contributed by atoms with Crippen molar-refractivity contribution in [2.75, 3.05) is 0 Å². The van der Waals surface area contributed by atoms with Gasteiger partial charge in [0.1, 0.15) is 0 Å². The van der Waals surface area contributed by atoms with Crippen molar-refractivity contribution >= 4 is 5.91 Å². The quantitative estimate of drug-likeness (QED) is 0.837. The topological polar surface area (TPSA) is 41.1 Å². The Balaban J connectivity index is 1.69. The summed E-state index contributed by atoms with van der Waals surface area (Å²) in [7, 11) is 0. The molecule has 96 valence electrons. The molecule has 1 fully saturated rings. The summed E-state index contributed by atoms with van der Waals surface area (Å²) in [6.07, 6.45) is 3.48. The number of hydrogen-bond acceptors (Lipinski definition) is 2. The normalized spacial score (nSPS) is 26.1. The minimum Gasteiger partial charge on any atom is -0.349 e. The molecule has 3 rings (SSSR count). The Morgan fingerprint density at radius 2 is 2.11 bits per heavy atom. The van der Waals surface area contributed by atoms with E-state index in [1.807, 2.05) is 12.1 Å². The lowest BCUT2D eigenvalue weighted by atomic mass is 10.1. The molecule has 3 nitrogen and oxygen atoms in total. The Morgan fingerprint density at radius 1 is 1.28 bits per heavy atom. The van der Waals surface area contributed by atoms with Crippen LogP contribution in [0.15, 0.2) is 18.2 Å². The van der Waals surface area contributed by atoms with Gasteiger partial charge in [0.15, 0.2) is 0 Å². The van der Waals surface area contributed by atoms with E-state index in [-0.39, 0.29) is 5.91 Å². The van der Waals surface area contributed by atoms with Crippen molar-refractivity contribution in [1.82, 2.24) is 10.6 Å². The lowest BCUT2D eigenvalue weighted by Gasteiger charge is -2.13. The van der Waals surface area contributed by atoms with Crippen LogP contribution in [0, 0.1) is 5.92 Å². The molecule has 2 aliphatic rings. The largest absolute Gasteiger partial charge is 0.349 e. The van der Waals surface area contributed by atoms with E-state index in [0.717, 1.165) is 37.4 Å². The molecular formula is C15H20N2O. The first-order valence-corrected chi connectivity index (χ1v) is 6.86. The summed E-state index contributed by atoms with van der Waals surface area (Å²) in [6, 6.07) is 6.42. The molecule has 2 unspecified atom stereocenters. The number of nitrogens with one attached hydrogen (secondary N) is 2. The van der Waals surface area contributed by atoms with Gasteiger partial charge in [-0.25, -0.2) is 0 Å². The number of carbonyl (C=O) groups excluding carboxylic acids is 1. The van der Waals surface area contributed by atoms with Crippen LogP contribution in [-0.2, 0) is 13.1 Å². The van der Waals surface area contributed by atoms with Gasteiger partial charge in [0.2, 0.25) is 0 Å². The average Bonchev–Trinajstić information content (AvgIpc) is 2.96. The fraction of sp³-hybridized carbons (Fsp3) is 0.533. The zero-order chi connectivity index (χ0) is 12.5. The first-order chi connectivity index (χ1) is 8.72. The van der Waals surface area contributed by atoms with Crippen molar-refractivity contribution in [3.05, 3.63) is 34.9 Å². The van der Waals surface area contributed by atoms with E-state index in [0.29, 0.717) is 6.04 Å². The van der Waals surface area contributed by atoms with Gasteiger partial charge >= 0.3 is 0 Å². The van der Waals surface area contributed by atoms with E-state index in [4.69, 9.17) is 0 Å². The van der Waals surface area contributed by atoms with E-state index < -0.39 is 0 Å². The monoisotopic (exact) mass is 244 g/mol. The highest BCUT2D eigenvalue weighted by molar-refractivity contribution is 5.94. The first kappa shape index (κ1) is 11.7. The predicted molar refractivity (Wildman–Crippen MR) is 71.3 cm³/mol. The molecule has 1 aliphatic heterocycles. The van der Waals surface area contributed by atoms with Crippen LogP contribution in [0.5, 0.6) is 0 Å².